The second kappa shape index (κ2) is 7.68. The van der Waals surface area contributed by atoms with Gasteiger partial charge in [-0.25, -0.2) is 9.48 Å². The Balaban J connectivity index is 1.56. The zero-order chi connectivity index (χ0) is 25.3. The fourth-order valence-electron chi connectivity index (χ4n) is 5.81. The summed E-state index contributed by atoms with van der Waals surface area (Å²) in [5, 5.41) is 6.10. The molecule has 1 aliphatic rings. The van der Waals surface area contributed by atoms with Crippen molar-refractivity contribution in [2.45, 2.75) is 26.2 Å². The van der Waals surface area contributed by atoms with Crippen LogP contribution < -0.4 is 10.5 Å². The Bertz CT molecular complexity index is 1850. The molecule has 5 nitrogen and oxygen atoms in total. The van der Waals surface area contributed by atoms with Crippen LogP contribution in [0, 0.1) is 6.92 Å². The van der Waals surface area contributed by atoms with E-state index in [1.807, 2.05) is 54.1 Å². The molecule has 6 aromatic rings. The van der Waals surface area contributed by atoms with Gasteiger partial charge in [-0.15, -0.1) is 0 Å². The molecule has 180 valence electrons. The van der Waals surface area contributed by atoms with Gasteiger partial charge in [0, 0.05) is 16.5 Å². The third-order valence-corrected chi connectivity index (χ3v) is 7.58. The number of hydrogen-bond donors (Lipinski definition) is 0. The van der Waals surface area contributed by atoms with E-state index in [2.05, 4.69) is 73.3 Å². The van der Waals surface area contributed by atoms with Gasteiger partial charge in [0.1, 0.15) is 11.0 Å². The van der Waals surface area contributed by atoms with Crippen LogP contribution in [0.4, 0.5) is 17.1 Å². The molecule has 2 aromatic heterocycles. The molecule has 7 rings (SSSR count). The fourth-order valence-corrected chi connectivity index (χ4v) is 5.81. The maximum absolute atomic E-state index is 13.0. The van der Waals surface area contributed by atoms with E-state index >= 15 is 0 Å². The molecule has 0 spiro atoms. The lowest BCUT2D eigenvalue weighted by Gasteiger charge is -2.42. The van der Waals surface area contributed by atoms with Crippen LogP contribution in [0.3, 0.4) is 0 Å². The van der Waals surface area contributed by atoms with Gasteiger partial charge in [0.25, 0.3) is 0 Å². The van der Waals surface area contributed by atoms with Crippen molar-refractivity contribution in [2.75, 3.05) is 4.90 Å². The minimum absolute atomic E-state index is 0.135. The monoisotopic (exact) mass is 483 g/mol. The number of aryl methyl sites for hydroxylation is 1. The van der Waals surface area contributed by atoms with Crippen molar-refractivity contribution in [1.82, 2.24) is 9.78 Å². The summed E-state index contributed by atoms with van der Waals surface area (Å²) in [4.78, 5) is 15.3. The van der Waals surface area contributed by atoms with Crippen LogP contribution in [-0.4, -0.2) is 9.78 Å². The second-order valence-electron chi connectivity index (χ2n) is 10.1. The van der Waals surface area contributed by atoms with Crippen molar-refractivity contribution in [3.63, 3.8) is 0 Å². The van der Waals surface area contributed by atoms with Crippen molar-refractivity contribution in [2.24, 2.45) is 0 Å². The average Bonchev–Trinajstić information content (AvgIpc) is 3.28. The topological polar surface area (TPSA) is 51.3 Å². The first kappa shape index (κ1) is 21.6. The number of anilines is 3. The zero-order valence-corrected chi connectivity index (χ0v) is 20.9. The van der Waals surface area contributed by atoms with Crippen LogP contribution in [0.5, 0.6) is 0 Å². The summed E-state index contributed by atoms with van der Waals surface area (Å²) in [5.41, 5.74) is 8.16. The third kappa shape index (κ3) is 3.04. The summed E-state index contributed by atoms with van der Waals surface area (Å²) < 4.78 is 7.65. The van der Waals surface area contributed by atoms with E-state index in [1.165, 1.54) is 11.1 Å². The summed E-state index contributed by atoms with van der Waals surface area (Å²) in [6.07, 6.45) is 0. The second-order valence-corrected chi connectivity index (χ2v) is 10.1. The number of hydrogen-bond acceptors (Lipinski definition) is 4. The van der Waals surface area contributed by atoms with E-state index < -0.39 is 0 Å². The Kier molecular flexibility index (Phi) is 4.49. The number of fused-ring (bicyclic) bond motifs is 5. The molecule has 0 amide bonds. The van der Waals surface area contributed by atoms with Crippen molar-refractivity contribution < 1.29 is 4.42 Å². The fraction of sp³-hybridized carbons (Fsp3) is 0.125. The van der Waals surface area contributed by atoms with Gasteiger partial charge >= 0.3 is 5.63 Å². The Hall–Kier alpha value is -4.64. The van der Waals surface area contributed by atoms with Crippen LogP contribution in [0.1, 0.15) is 30.7 Å². The largest absolute Gasteiger partial charge is 0.422 e. The van der Waals surface area contributed by atoms with E-state index in [0.717, 1.165) is 33.7 Å². The van der Waals surface area contributed by atoms with E-state index in [0.29, 0.717) is 16.7 Å². The molecule has 0 saturated carbocycles. The highest BCUT2D eigenvalue weighted by atomic mass is 16.4. The summed E-state index contributed by atoms with van der Waals surface area (Å²) in [6.45, 7) is 6.41. The number of rotatable bonds is 2. The van der Waals surface area contributed by atoms with Gasteiger partial charge in [-0.05, 0) is 60.5 Å². The lowest BCUT2D eigenvalue weighted by Crippen LogP contribution is -2.30. The predicted octanol–water partition coefficient (Wildman–Crippen LogP) is 7.55. The molecule has 3 heterocycles. The number of nitrogens with zero attached hydrogens (tertiary/aromatic N) is 3. The Labute approximate surface area is 214 Å². The van der Waals surface area contributed by atoms with E-state index in [-0.39, 0.29) is 11.0 Å². The molecular weight excluding hydrogens is 458 g/mol. The molecule has 5 heteroatoms. The minimum atomic E-state index is -0.370. The SMILES string of the molecule is Cc1nn(-c2ccccc2)c2c1c(=O)oc1ccc(N3c4ccccc4C(C)(C)c4ccccc43)cc12. The molecule has 0 saturated heterocycles. The maximum atomic E-state index is 13.0. The molecule has 37 heavy (non-hydrogen) atoms. The predicted molar refractivity (Wildman–Crippen MR) is 149 cm³/mol. The molecule has 0 fully saturated rings. The molecule has 0 N–H and O–H groups in total. The van der Waals surface area contributed by atoms with Crippen molar-refractivity contribution in [1.29, 1.82) is 0 Å². The molecule has 0 radical (unpaired) electrons. The lowest BCUT2D eigenvalue weighted by atomic mass is 9.73. The molecule has 0 unspecified atom stereocenters. The summed E-state index contributed by atoms with van der Waals surface area (Å²) in [7, 11) is 0. The smallest absolute Gasteiger partial charge is 0.347 e. The van der Waals surface area contributed by atoms with Gasteiger partial charge in [0.2, 0.25) is 0 Å². The number of para-hydroxylation sites is 3. The van der Waals surface area contributed by atoms with Crippen LogP contribution in [-0.2, 0) is 5.41 Å². The molecule has 0 atom stereocenters. The summed E-state index contributed by atoms with van der Waals surface area (Å²) in [6, 6.07) is 33.1. The first-order valence-electron chi connectivity index (χ1n) is 12.5. The highest BCUT2D eigenvalue weighted by molar-refractivity contribution is 6.05. The lowest BCUT2D eigenvalue weighted by molar-refractivity contribution is 0.569. The quantitative estimate of drug-likeness (QED) is 0.239. The van der Waals surface area contributed by atoms with Gasteiger partial charge in [0.05, 0.1) is 28.3 Å². The molecule has 0 aliphatic carbocycles. The Morgan fingerprint density at radius 3 is 2.05 bits per heavy atom. The van der Waals surface area contributed by atoms with E-state index in [1.54, 1.807) is 0 Å². The Morgan fingerprint density at radius 1 is 0.757 bits per heavy atom. The highest BCUT2D eigenvalue weighted by Crippen LogP contribution is 2.51. The van der Waals surface area contributed by atoms with Gasteiger partial charge in [-0.1, -0.05) is 68.4 Å². The van der Waals surface area contributed by atoms with E-state index in [4.69, 9.17) is 9.52 Å². The third-order valence-electron chi connectivity index (χ3n) is 7.58. The van der Waals surface area contributed by atoms with Crippen LogP contribution in [0.15, 0.2) is 106 Å². The molecule has 0 bridgehead atoms. The highest BCUT2D eigenvalue weighted by Gasteiger charge is 2.36. The molecule has 4 aromatic carbocycles. The maximum Gasteiger partial charge on any atom is 0.347 e. The summed E-state index contributed by atoms with van der Waals surface area (Å²) >= 11 is 0. The summed E-state index contributed by atoms with van der Waals surface area (Å²) in [5.74, 6) is 0. The van der Waals surface area contributed by atoms with Crippen LogP contribution in [0.25, 0.3) is 27.6 Å². The number of aromatic nitrogens is 2. The van der Waals surface area contributed by atoms with Crippen LogP contribution >= 0.6 is 0 Å². The van der Waals surface area contributed by atoms with Crippen molar-refractivity contribution in [3.8, 4) is 5.69 Å². The molecular formula is C32H25N3O2. The minimum Gasteiger partial charge on any atom is -0.422 e. The van der Waals surface area contributed by atoms with Gasteiger partial charge in [-0.3, -0.25) is 0 Å². The zero-order valence-electron chi connectivity index (χ0n) is 20.9. The first-order chi connectivity index (χ1) is 17.9. The molecule has 1 aliphatic heterocycles. The van der Waals surface area contributed by atoms with Crippen molar-refractivity contribution >= 4 is 38.9 Å². The average molecular weight is 484 g/mol. The van der Waals surface area contributed by atoms with Crippen molar-refractivity contribution in [3.05, 3.63) is 124 Å². The van der Waals surface area contributed by atoms with Gasteiger partial charge in [0.15, 0.2) is 0 Å². The number of benzene rings is 4. The Morgan fingerprint density at radius 2 is 1.38 bits per heavy atom. The van der Waals surface area contributed by atoms with Crippen LogP contribution in [0.2, 0.25) is 0 Å². The standard InChI is InChI=1S/C32H25N3O2/c1-20-29-30(35(33-20)21-11-5-4-6-12-21)23-19-22(17-18-28(23)37-31(29)36)34-26-15-9-7-13-24(26)32(2,3)25-14-8-10-16-27(25)34/h4-19H,1-3H3. The van der Waals surface area contributed by atoms with Gasteiger partial charge in [-0.2, -0.15) is 5.10 Å². The normalized spacial score (nSPS) is 14.1. The van der Waals surface area contributed by atoms with E-state index in [9.17, 15) is 4.79 Å². The first-order valence-corrected chi connectivity index (χ1v) is 12.5. The van der Waals surface area contributed by atoms with Gasteiger partial charge < -0.3 is 9.32 Å².